The van der Waals surface area contributed by atoms with E-state index in [1.165, 1.54) is 12.2 Å². The topological polar surface area (TPSA) is 67.9 Å². The van der Waals surface area contributed by atoms with Gasteiger partial charge in [0.15, 0.2) is 0 Å². The molecule has 0 spiro atoms. The van der Waals surface area contributed by atoms with Crippen LogP contribution in [0.1, 0.15) is 46.5 Å². The molecule has 0 aromatic rings. The second-order valence-corrected chi connectivity index (χ2v) is 6.22. The van der Waals surface area contributed by atoms with E-state index in [0.29, 0.717) is 6.42 Å². The van der Waals surface area contributed by atoms with Crippen LogP contribution in [-0.4, -0.2) is 42.9 Å². The molecule has 1 fully saturated rings. The molecule has 6 nitrogen and oxygen atoms in total. The first-order valence-corrected chi connectivity index (χ1v) is 7.04. The summed E-state index contributed by atoms with van der Waals surface area (Å²) in [7, 11) is 3.07. The van der Waals surface area contributed by atoms with E-state index < -0.39 is 11.7 Å². The van der Waals surface area contributed by atoms with E-state index in [2.05, 4.69) is 5.32 Å². The molecule has 2 unspecified atom stereocenters. The molecule has 1 rings (SSSR count). The van der Waals surface area contributed by atoms with Crippen molar-refractivity contribution in [3.63, 3.8) is 0 Å². The average Bonchev–Trinajstić information content (AvgIpc) is 2.34. The third-order valence-electron chi connectivity index (χ3n) is 3.33. The first-order chi connectivity index (χ1) is 9.23. The molecule has 2 amide bonds. The molecule has 6 heteroatoms. The molecule has 116 valence electrons. The van der Waals surface area contributed by atoms with Crippen LogP contribution in [0, 0.1) is 5.92 Å². The standard InChI is InChI=1S/C14H26N2O4/c1-14(2,3)20-13(18)15-11-8-6-7-10(9-11)12(17)16(4)19-5/h10-11H,6-9H2,1-5H3,(H,15,18). The third-order valence-corrected chi connectivity index (χ3v) is 3.33. The zero-order chi connectivity index (χ0) is 15.3. The van der Waals surface area contributed by atoms with Crippen LogP contribution in [0.25, 0.3) is 0 Å². The second kappa shape index (κ2) is 6.92. The first kappa shape index (κ1) is 16.8. The molecule has 0 saturated heterocycles. The number of hydrogen-bond donors (Lipinski definition) is 1. The van der Waals surface area contributed by atoms with Gasteiger partial charge in [0, 0.05) is 19.0 Å². The summed E-state index contributed by atoms with van der Waals surface area (Å²) in [5, 5.41) is 4.10. The highest BCUT2D eigenvalue weighted by Gasteiger charge is 2.31. The number of hydroxylamine groups is 2. The van der Waals surface area contributed by atoms with E-state index >= 15 is 0 Å². The number of carbonyl (C=O) groups excluding carboxylic acids is 2. The number of alkyl carbamates (subject to hydrolysis) is 1. The van der Waals surface area contributed by atoms with E-state index in [9.17, 15) is 9.59 Å². The van der Waals surface area contributed by atoms with Crippen LogP contribution in [0.15, 0.2) is 0 Å². The summed E-state index contributed by atoms with van der Waals surface area (Å²) in [4.78, 5) is 28.7. The van der Waals surface area contributed by atoms with Gasteiger partial charge in [-0.1, -0.05) is 6.42 Å². The largest absolute Gasteiger partial charge is 0.444 e. The summed E-state index contributed by atoms with van der Waals surface area (Å²) >= 11 is 0. The Balaban J connectivity index is 2.49. The van der Waals surface area contributed by atoms with Crippen molar-refractivity contribution in [1.82, 2.24) is 10.4 Å². The summed E-state index contributed by atoms with van der Waals surface area (Å²) in [6, 6.07) is -0.0159. The van der Waals surface area contributed by atoms with Gasteiger partial charge >= 0.3 is 6.09 Å². The maximum absolute atomic E-state index is 12.0. The molecule has 1 N–H and O–H groups in total. The van der Waals surface area contributed by atoms with Crippen molar-refractivity contribution in [1.29, 1.82) is 0 Å². The number of nitrogens with zero attached hydrogens (tertiary/aromatic N) is 1. The van der Waals surface area contributed by atoms with Gasteiger partial charge in [-0.25, -0.2) is 9.86 Å². The first-order valence-electron chi connectivity index (χ1n) is 7.04. The summed E-state index contributed by atoms with van der Waals surface area (Å²) in [5.74, 6) is -0.142. The molecule has 1 saturated carbocycles. The lowest BCUT2D eigenvalue weighted by molar-refractivity contribution is -0.174. The van der Waals surface area contributed by atoms with E-state index in [0.717, 1.165) is 19.3 Å². The highest BCUT2D eigenvalue weighted by Crippen LogP contribution is 2.26. The molecular weight excluding hydrogens is 260 g/mol. The molecule has 0 heterocycles. The number of rotatable bonds is 3. The summed E-state index contributed by atoms with van der Waals surface area (Å²) in [6.45, 7) is 5.48. The zero-order valence-electron chi connectivity index (χ0n) is 13.1. The van der Waals surface area contributed by atoms with Gasteiger partial charge < -0.3 is 10.1 Å². The van der Waals surface area contributed by atoms with Crippen LogP contribution in [0.5, 0.6) is 0 Å². The van der Waals surface area contributed by atoms with Crippen molar-refractivity contribution in [3.05, 3.63) is 0 Å². The van der Waals surface area contributed by atoms with Crippen molar-refractivity contribution in [2.45, 2.75) is 58.1 Å². The van der Waals surface area contributed by atoms with Gasteiger partial charge in [0.2, 0.25) is 5.91 Å². The van der Waals surface area contributed by atoms with E-state index in [-0.39, 0.29) is 17.9 Å². The van der Waals surface area contributed by atoms with Gasteiger partial charge in [0.1, 0.15) is 5.60 Å². The van der Waals surface area contributed by atoms with Gasteiger partial charge in [-0.3, -0.25) is 9.63 Å². The molecule has 0 aromatic heterocycles. The molecule has 0 aliphatic heterocycles. The van der Waals surface area contributed by atoms with Gasteiger partial charge in [0.05, 0.1) is 7.11 Å². The lowest BCUT2D eigenvalue weighted by Gasteiger charge is -2.31. The monoisotopic (exact) mass is 286 g/mol. The van der Waals surface area contributed by atoms with Crippen molar-refractivity contribution >= 4 is 12.0 Å². The SMILES string of the molecule is CON(C)C(=O)C1CCCC(NC(=O)OC(C)(C)C)C1. The lowest BCUT2D eigenvalue weighted by atomic mass is 9.85. The summed E-state index contributed by atoms with van der Waals surface area (Å²) < 4.78 is 5.23. The van der Waals surface area contributed by atoms with Crippen LogP contribution in [0.2, 0.25) is 0 Å². The van der Waals surface area contributed by atoms with Crippen LogP contribution < -0.4 is 5.32 Å². The molecular formula is C14H26N2O4. The van der Waals surface area contributed by atoms with Crippen LogP contribution in [-0.2, 0) is 14.4 Å². The minimum Gasteiger partial charge on any atom is -0.444 e. The molecule has 1 aliphatic rings. The summed E-state index contributed by atoms with van der Waals surface area (Å²) in [5.41, 5.74) is -0.510. The number of amides is 2. The molecule has 20 heavy (non-hydrogen) atoms. The number of hydrogen-bond acceptors (Lipinski definition) is 4. The van der Waals surface area contributed by atoms with Gasteiger partial charge in [-0.15, -0.1) is 0 Å². The maximum Gasteiger partial charge on any atom is 0.407 e. The van der Waals surface area contributed by atoms with Crippen molar-refractivity contribution in [3.8, 4) is 0 Å². The normalized spacial score (nSPS) is 23.1. The predicted octanol–water partition coefficient (Wildman–Crippen LogP) is 2.09. The highest BCUT2D eigenvalue weighted by atomic mass is 16.7. The Bertz CT molecular complexity index is 352. The van der Waals surface area contributed by atoms with Crippen molar-refractivity contribution < 1.29 is 19.2 Å². The Morgan fingerprint density at radius 1 is 1.25 bits per heavy atom. The maximum atomic E-state index is 12.0. The van der Waals surface area contributed by atoms with Gasteiger partial charge in [-0.05, 0) is 40.0 Å². The molecule has 0 radical (unpaired) electrons. The molecule has 2 atom stereocenters. The molecule has 0 bridgehead atoms. The molecule has 1 aliphatic carbocycles. The quantitative estimate of drug-likeness (QED) is 0.807. The number of nitrogens with one attached hydrogen (secondary N) is 1. The second-order valence-electron chi connectivity index (χ2n) is 6.22. The van der Waals surface area contributed by atoms with Crippen LogP contribution in [0.3, 0.4) is 0 Å². The molecule has 0 aromatic carbocycles. The minimum absolute atomic E-state index is 0.0159. The number of carbonyl (C=O) groups is 2. The Kier molecular flexibility index (Phi) is 5.80. The Morgan fingerprint density at radius 2 is 1.90 bits per heavy atom. The van der Waals surface area contributed by atoms with Gasteiger partial charge in [-0.2, -0.15) is 0 Å². The van der Waals surface area contributed by atoms with E-state index in [4.69, 9.17) is 9.57 Å². The fourth-order valence-corrected chi connectivity index (χ4v) is 2.37. The van der Waals surface area contributed by atoms with Crippen molar-refractivity contribution in [2.24, 2.45) is 5.92 Å². The minimum atomic E-state index is -0.510. The third kappa shape index (κ3) is 5.36. The average molecular weight is 286 g/mol. The fraction of sp³-hybridized carbons (Fsp3) is 0.857. The van der Waals surface area contributed by atoms with Crippen LogP contribution >= 0.6 is 0 Å². The predicted molar refractivity (Wildman–Crippen MR) is 74.9 cm³/mol. The Labute approximate surface area is 120 Å². The van der Waals surface area contributed by atoms with Gasteiger partial charge in [0.25, 0.3) is 0 Å². The Hall–Kier alpha value is -1.30. The van der Waals surface area contributed by atoms with Crippen molar-refractivity contribution in [2.75, 3.05) is 14.2 Å². The highest BCUT2D eigenvalue weighted by molar-refractivity contribution is 5.78. The summed E-state index contributed by atoms with van der Waals surface area (Å²) in [6.07, 6.45) is 2.83. The van der Waals surface area contributed by atoms with E-state index in [1.54, 1.807) is 7.05 Å². The van der Waals surface area contributed by atoms with E-state index in [1.807, 2.05) is 20.8 Å². The van der Waals surface area contributed by atoms with Crippen LogP contribution in [0.4, 0.5) is 4.79 Å². The number of ether oxygens (including phenoxy) is 1. The zero-order valence-corrected chi connectivity index (χ0v) is 13.1. The fourth-order valence-electron chi connectivity index (χ4n) is 2.37. The smallest absolute Gasteiger partial charge is 0.407 e. The Morgan fingerprint density at radius 3 is 2.45 bits per heavy atom. The lowest BCUT2D eigenvalue weighted by Crippen LogP contribution is -2.44.